The molecule has 87 heavy (non-hydrogen) atoms. The molecule has 0 aromatic rings. The zero-order chi connectivity index (χ0) is 66.7. The summed E-state index contributed by atoms with van der Waals surface area (Å²) in [5.41, 5.74) is 21.6. The van der Waals surface area contributed by atoms with Crippen molar-refractivity contribution in [2.24, 2.45) is 40.7 Å². The fraction of sp³-hybridized carbons (Fsp3) is 0.692. The van der Waals surface area contributed by atoms with E-state index in [2.05, 4.69) is 47.9 Å². The van der Waals surface area contributed by atoms with Gasteiger partial charge in [-0.25, -0.2) is 4.79 Å². The van der Waals surface area contributed by atoms with E-state index in [1.165, 1.54) is 27.7 Å². The average Bonchev–Trinajstić information content (AvgIpc) is 2.39. The lowest BCUT2D eigenvalue weighted by molar-refractivity contribution is -0.144. The van der Waals surface area contributed by atoms with E-state index in [-0.39, 0.29) is 38.1 Å². The number of aliphatic hydroxyl groups excluding tert-OH is 2. The van der Waals surface area contributed by atoms with Crippen molar-refractivity contribution in [1.29, 1.82) is 0 Å². The summed E-state index contributed by atoms with van der Waals surface area (Å²) in [6.07, 6.45) is -3.22. The van der Waals surface area contributed by atoms with E-state index in [1.807, 2.05) is 5.32 Å². The monoisotopic (exact) mass is 1240 g/mol. The lowest BCUT2D eigenvalue weighted by Gasteiger charge is -2.33. The number of amides is 14. The predicted molar refractivity (Wildman–Crippen MR) is 302 cm³/mol. The van der Waals surface area contributed by atoms with Gasteiger partial charge in [-0.15, -0.1) is 0 Å². The third kappa shape index (κ3) is 26.3. The molecule has 1 saturated heterocycles. The van der Waals surface area contributed by atoms with E-state index < -0.39 is 231 Å². The Bertz CT molecular complexity index is 2520. The largest absolute Gasteiger partial charge is 0.481 e. The number of likely N-dealkylation sites (tertiary alicyclic amines) is 1. The van der Waals surface area contributed by atoms with Crippen LogP contribution in [0.5, 0.6) is 0 Å². The van der Waals surface area contributed by atoms with Crippen molar-refractivity contribution in [3.8, 4) is 0 Å². The van der Waals surface area contributed by atoms with Crippen molar-refractivity contribution in [2.75, 3.05) is 19.8 Å². The molecule has 1 fully saturated rings. The molecule has 35 heteroatoms. The quantitative estimate of drug-likeness (QED) is 0.0272. The average molecular weight is 1240 g/mol. The van der Waals surface area contributed by atoms with Gasteiger partial charge in [-0.3, -0.25) is 71.9 Å². The summed E-state index contributed by atoms with van der Waals surface area (Å²) in [6, 6.07) is -18.7. The van der Waals surface area contributed by atoms with Crippen molar-refractivity contribution in [1.82, 2.24) is 58.1 Å². The summed E-state index contributed by atoms with van der Waals surface area (Å²) >= 11 is 0. The number of nitrogens with zero attached hydrogens (tertiary/aromatic N) is 1. The Hall–Kier alpha value is -8.60. The normalized spacial score (nSPS) is 17.0. The zero-order valence-corrected chi connectivity index (χ0v) is 49.9. The van der Waals surface area contributed by atoms with Gasteiger partial charge in [0.05, 0.1) is 32.1 Å². The number of carboxylic acids is 2. The number of nitrogens with two attached hydrogens (primary N) is 4. The number of hydrogen-bond donors (Lipinski definition) is 18. The smallest absolute Gasteiger partial charge is 0.328 e. The lowest BCUT2D eigenvalue weighted by Crippen LogP contribution is -2.62. The number of hydrogen-bond acceptors (Lipinski definition) is 19. The molecule has 1 aliphatic heterocycles. The molecule has 0 unspecified atom stereocenters. The van der Waals surface area contributed by atoms with E-state index in [4.69, 9.17) is 22.9 Å². The topological polar surface area (TPSA) is 582 Å². The Balaban J connectivity index is 3.42. The van der Waals surface area contributed by atoms with Crippen LogP contribution in [-0.4, -0.2) is 212 Å². The molecule has 0 aromatic carbocycles. The van der Waals surface area contributed by atoms with Crippen LogP contribution >= 0.6 is 0 Å². The maximum absolute atomic E-state index is 14.3. The third-order valence-electron chi connectivity index (χ3n) is 13.7. The molecule has 22 N–H and O–H groups in total. The fourth-order valence-electron chi connectivity index (χ4n) is 8.52. The molecule has 1 heterocycles. The second kappa shape index (κ2) is 37.1. The van der Waals surface area contributed by atoms with Crippen LogP contribution in [0, 0.1) is 17.8 Å². The minimum atomic E-state index is -1.80. The van der Waals surface area contributed by atoms with Gasteiger partial charge in [-0.2, -0.15) is 0 Å². The summed E-state index contributed by atoms with van der Waals surface area (Å²) in [5.74, 6) is -19.1. The Labute approximate surface area is 501 Å². The minimum Gasteiger partial charge on any atom is -0.481 e. The van der Waals surface area contributed by atoms with Crippen LogP contribution in [-0.2, 0) is 76.7 Å². The Morgan fingerprint density at radius 1 is 0.494 bits per heavy atom. The van der Waals surface area contributed by atoms with Crippen LogP contribution in [0.4, 0.5) is 0 Å². The van der Waals surface area contributed by atoms with Gasteiger partial charge < -0.3 is 101 Å². The maximum atomic E-state index is 14.3. The summed E-state index contributed by atoms with van der Waals surface area (Å²) in [6.45, 7) is 9.88. The molecule has 0 saturated carbocycles. The van der Waals surface area contributed by atoms with Gasteiger partial charge in [0, 0.05) is 19.4 Å². The number of nitrogens with one attached hydrogen (secondary N) is 10. The number of aliphatic hydroxyl groups is 2. The van der Waals surface area contributed by atoms with Crippen LogP contribution in [0.1, 0.15) is 120 Å². The van der Waals surface area contributed by atoms with Crippen LogP contribution in [0.2, 0.25) is 0 Å². The third-order valence-corrected chi connectivity index (χ3v) is 13.7. The molecule has 35 nitrogen and oxygen atoms in total. The van der Waals surface area contributed by atoms with Gasteiger partial charge in [-0.05, 0) is 63.7 Å². The second-order valence-corrected chi connectivity index (χ2v) is 21.9. The van der Waals surface area contributed by atoms with E-state index in [9.17, 15) is 97.1 Å². The van der Waals surface area contributed by atoms with E-state index in [0.717, 1.165) is 4.90 Å². The van der Waals surface area contributed by atoms with Gasteiger partial charge in [0.1, 0.15) is 66.5 Å². The molecule has 13 atom stereocenters. The first-order valence-electron chi connectivity index (χ1n) is 28.1. The van der Waals surface area contributed by atoms with Crippen molar-refractivity contribution >= 4 is 94.6 Å². The SMILES string of the molecule is CC[C@H](C)[C@H](NC(=O)[C@H](CO)NC(=O)[C@H](CC(=O)O)NC(=O)[C@H](C)N)C(=O)N1CCC[C@H]1C(=O)N[C@@H](CC(N)=O)C(=O)N[C@H](C(=O)N[C@@H](CCC(N)=O)C(=O)N[C@@H](CC(C)C)C(=O)N[C@@H](C)C(=O)N[C@@H](CCC(N)=O)C(=O)N[C@@H](CO)C(=O)O)C(C)C. The number of rotatable bonds is 39. The fourth-order valence-corrected chi connectivity index (χ4v) is 8.52. The van der Waals surface area contributed by atoms with Crippen molar-refractivity contribution in [3.05, 3.63) is 0 Å². The molecular formula is C52H87N15O20. The van der Waals surface area contributed by atoms with Crippen molar-refractivity contribution in [3.63, 3.8) is 0 Å². The van der Waals surface area contributed by atoms with Gasteiger partial charge >= 0.3 is 11.9 Å². The predicted octanol–water partition coefficient (Wildman–Crippen LogP) is -8.11. The molecule has 14 amide bonds. The first-order chi connectivity index (χ1) is 40.5. The van der Waals surface area contributed by atoms with Gasteiger partial charge in [0.25, 0.3) is 0 Å². The van der Waals surface area contributed by atoms with Crippen LogP contribution in [0.3, 0.4) is 0 Å². The van der Waals surface area contributed by atoms with Gasteiger partial charge in [-0.1, -0.05) is 48.0 Å². The molecule has 0 spiro atoms. The number of aliphatic carboxylic acids is 2. The number of carbonyl (C=O) groups is 16. The molecule has 490 valence electrons. The highest BCUT2D eigenvalue weighted by atomic mass is 16.4. The highest BCUT2D eigenvalue weighted by molar-refractivity contribution is 6.01. The first kappa shape index (κ1) is 76.4. The van der Waals surface area contributed by atoms with Gasteiger partial charge in [0.15, 0.2) is 0 Å². The first-order valence-corrected chi connectivity index (χ1v) is 28.1. The standard InChI is InChI=1S/C52H87N15O20/c1-9-24(6)40(66-48(82)32(20-68)63-46(80)31(19-38(73)74)60-41(75)25(7)53)51(85)67-16-10-11-34(67)49(83)62-30(18-37(56)72)47(81)65-39(23(4)5)50(84)59-28(13-15-36(55)71)43(77)61-29(17-22(2)3)45(79)57-26(8)42(76)58-27(12-14-35(54)70)44(78)64-33(21-69)52(86)87/h22-34,39-40,68-69H,9-21,53H2,1-8H3,(H2,54,70)(H2,55,71)(H2,56,72)(H,57,79)(H,58,76)(H,59,84)(H,60,75)(H,61,77)(H,62,83)(H,63,80)(H,64,78)(H,65,81)(H,66,82)(H,73,74)(H,86,87)/t24-,25-,26-,27-,28-,29-,30-,31-,32-,33-,34-,39-,40-/m0/s1. The van der Waals surface area contributed by atoms with E-state index >= 15 is 0 Å². The summed E-state index contributed by atoms with van der Waals surface area (Å²) < 4.78 is 0. The lowest BCUT2D eigenvalue weighted by atomic mass is 9.96. The Morgan fingerprint density at radius 3 is 1.39 bits per heavy atom. The van der Waals surface area contributed by atoms with Crippen LogP contribution < -0.4 is 76.1 Å². The molecule has 1 rings (SSSR count). The molecule has 0 aliphatic carbocycles. The molecule has 1 aliphatic rings. The Morgan fingerprint density at radius 2 is 0.931 bits per heavy atom. The highest BCUT2D eigenvalue weighted by Crippen LogP contribution is 2.22. The summed E-state index contributed by atoms with van der Waals surface area (Å²) in [7, 11) is 0. The molecular weight excluding hydrogens is 1150 g/mol. The highest BCUT2D eigenvalue weighted by Gasteiger charge is 2.42. The van der Waals surface area contributed by atoms with Crippen LogP contribution in [0.15, 0.2) is 0 Å². The summed E-state index contributed by atoms with van der Waals surface area (Å²) in [4.78, 5) is 209. The van der Waals surface area contributed by atoms with Crippen molar-refractivity contribution in [2.45, 2.75) is 192 Å². The minimum absolute atomic E-state index is 0.00172. The number of carbonyl (C=O) groups excluding carboxylic acids is 14. The molecule has 0 radical (unpaired) electrons. The van der Waals surface area contributed by atoms with Gasteiger partial charge in [0.2, 0.25) is 82.7 Å². The molecule has 0 bridgehead atoms. The van der Waals surface area contributed by atoms with E-state index in [0.29, 0.717) is 0 Å². The van der Waals surface area contributed by atoms with E-state index in [1.54, 1.807) is 27.7 Å². The second-order valence-electron chi connectivity index (χ2n) is 21.9. The number of carboxylic acid groups (broad SMARTS) is 2. The van der Waals surface area contributed by atoms with Crippen molar-refractivity contribution < 1.29 is 97.1 Å². The maximum Gasteiger partial charge on any atom is 0.328 e. The summed E-state index contributed by atoms with van der Waals surface area (Å²) in [5, 5.41) is 61.3. The van der Waals surface area contributed by atoms with Crippen LogP contribution in [0.25, 0.3) is 0 Å². The number of primary amides is 3. The molecule has 0 aromatic heterocycles. The Kier molecular flexibility index (Phi) is 32.6. The zero-order valence-electron chi connectivity index (χ0n) is 49.9.